The number of rotatable bonds is 5. The van der Waals surface area contributed by atoms with Gasteiger partial charge in [0.25, 0.3) is 0 Å². The fourth-order valence-electron chi connectivity index (χ4n) is 2.46. The van der Waals surface area contributed by atoms with E-state index in [2.05, 4.69) is 19.5 Å². The van der Waals surface area contributed by atoms with Crippen molar-refractivity contribution in [1.82, 2.24) is 19.5 Å². The zero-order chi connectivity index (χ0) is 18.4. The Hall–Kier alpha value is -1.31. The number of nitrogens with two attached hydrogens (primary N) is 1. The molecule has 12 nitrogen and oxygen atoms in total. The Kier molecular flexibility index (Phi) is 5.01. The highest BCUT2D eigenvalue weighted by molar-refractivity contribution is 7.98. The number of hydrogen-bond acceptors (Lipinski definition) is 10. The lowest BCUT2D eigenvalue weighted by molar-refractivity contribution is -0.0504. The van der Waals surface area contributed by atoms with Crippen LogP contribution in [0.5, 0.6) is 0 Å². The minimum atomic E-state index is -4.73. The van der Waals surface area contributed by atoms with Gasteiger partial charge in [-0.05, 0) is 6.26 Å². The van der Waals surface area contributed by atoms with Gasteiger partial charge in [-0.15, -0.1) is 0 Å². The summed E-state index contributed by atoms with van der Waals surface area (Å²) in [5, 5.41) is 20.7. The van der Waals surface area contributed by atoms with Crippen LogP contribution in [-0.2, 0) is 13.8 Å². The molecule has 0 aliphatic carbocycles. The Labute approximate surface area is 145 Å². The average molecular weight is 393 g/mol. The van der Waals surface area contributed by atoms with Gasteiger partial charge in [0.05, 0.1) is 12.9 Å². The second kappa shape index (κ2) is 6.78. The number of anilines is 1. The van der Waals surface area contributed by atoms with Crippen LogP contribution in [0.1, 0.15) is 6.23 Å². The number of nitrogen functional groups attached to an aromatic ring is 1. The summed E-state index contributed by atoms with van der Waals surface area (Å²) >= 11 is 1.26. The topological polar surface area (TPSA) is 186 Å². The van der Waals surface area contributed by atoms with Crippen molar-refractivity contribution in [2.24, 2.45) is 0 Å². The number of aromatic nitrogens is 4. The summed E-state index contributed by atoms with van der Waals surface area (Å²) in [7, 11) is -4.73. The van der Waals surface area contributed by atoms with E-state index in [1.807, 2.05) is 0 Å². The van der Waals surface area contributed by atoms with Crippen LogP contribution in [0.4, 0.5) is 5.82 Å². The van der Waals surface area contributed by atoms with E-state index in [0.29, 0.717) is 16.3 Å². The predicted molar refractivity (Wildman–Crippen MR) is 85.4 cm³/mol. The summed E-state index contributed by atoms with van der Waals surface area (Å²) in [6.45, 7) is -0.598. The number of phosphoric ester groups is 1. The van der Waals surface area contributed by atoms with Gasteiger partial charge in [-0.3, -0.25) is 9.09 Å². The van der Waals surface area contributed by atoms with E-state index in [1.165, 1.54) is 22.7 Å². The molecule has 0 amide bonds. The van der Waals surface area contributed by atoms with Crippen LogP contribution in [0.2, 0.25) is 0 Å². The Bertz CT molecular complexity index is 828. The number of ether oxygens (including phenoxy) is 1. The number of nitrogens with zero attached hydrogens (tertiary/aromatic N) is 4. The number of thioether (sulfide) groups is 1. The summed E-state index contributed by atoms with van der Waals surface area (Å²) < 4.78 is 22.0. The first-order valence-electron chi connectivity index (χ1n) is 6.97. The Morgan fingerprint density at radius 3 is 2.76 bits per heavy atom. The summed E-state index contributed by atoms with van der Waals surface area (Å²) in [6.07, 6.45) is -1.96. The summed E-state index contributed by atoms with van der Waals surface area (Å²) in [6, 6.07) is 0. The third kappa shape index (κ3) is 3.64. The number of hydrogen-bond donors (Lipinski definition) is 5. The molecule has 0 bridgehead atoms. The van der Waals surface area contributed by atoms with Crippen molar-refractivity contribution in [2.75, 3.05) is 18.6 Å². The lowest BCUT2D eigenvalue weighted by Gasteiger charge is -2.16. The van der Waals surface area contributed by atoms with Crippen molar-refractivity contribution >= 4 is 36.6 Å². The fraction of sp³-hybridized carbons (Fsp3) is 0.545. The van der Waals surface area contributed by atoms with Crippen molar-refractivity contribution in [3.8, 4) is 0 Å². The van der Waals surface area contributed by atoms with Crippen LogP contribution in [-0.4, -0.2) is 70.7 Å². The van der Waals surface area contributed by atoms with Gasteiger partial charge < -0.3 is 30.5 Å². The highest BCUT2D eigenvalue weighted by atomic mass is 32.2. The number of aliphatic hydroxyl groups is 2. The molecular weight excluding hydrogens is 377 g/mol. The summed E-state index contributed by atoms with van der Waals surface area (Å²) in [4.78, 5) is 29.9. The van der Waals surface area contributed by atoms with Gasteiger partial charge >= 0.3 is 7.82 Å². The number of phosphoric acid groups is 1. The zero-order valence-electron chi connectivity index (χ0n) is 12.8. The van der Waals surface area contributed by atoms with Crippen molar-refractivity contribution in [3.63, 3.8) is 0 Å². The van der Waals surface area contributed by atoms with Crippen LogP contribution in [0.15, 0.2) is 11.5 Å². The van der Waals surface area contributed by atoms with Gasteiger partial charge in [0.15, 0.2) is 22.8 Å². The first kappa shape index (κ1) is 18.5. The van der Waals surface area contributed by atoms with E-state index < -0.39 is 39.0 Å². The molecular formula is C11H16N5O7PS. The largest absolute Gasteiger partial charge is 0.469 e. The maximum Gasteiger partial charge on any atom is 0.469 e. The van der Waals surface area contributed by atoms with Gasteiger partial charge in [0, 0.05) is 0 Å². The Morgan fingerprint density at radius 2 is 2.12 bits per heavy atom. The molecule has 2 aromatic heterocycles. The molecule has 25 heavy (non-hydrogen) atoms. The van der Waals surface area contributed by atoms with Gasteiger partial charge in [0.1, 0.15) is 23.8 Å². The van der Waals surface area contributed by atoms with E-state index in [-0.39, 0.29) is 5.82 Å². The highest BCUT2D eigenvalue weighted by Gasteiger charge is 2.45. The number of aliphatic hydroxyl groups excluding tert-OH is 2. The van der Waals surface area contributed by atoms with E-state index in [0.717, 1.165) is 0 Å². The molecule has 4 unspecified atom stereocenters. The van der Waals surface area contributed by atoms with E-state index in [1.54, 1.807) is 6.26 Å². The van der Waals surface area contributed by atoms with Gasteiger partial charge in [-0.2, -0.15) is 0 Å². The minimum absolute atomic E-state index is 0.155. The van der Waals surface area contributed by atoms with E-state index >= 15 is 0 Å². The summed E-state index contributed by atoms with van der Waals surface area (Å²) in [5.74, 6) is 0.155. The normalized spacial score (nSPS) is 27.2. The summed E-state index contributed by atoms with van der Waals surface area (Å²) in [5.41, 5.74) is 6.43. The zero-order valence-corrected chi connectivity index (χ0v) is 14.5. The molecule has 6 N–H and O–H groups in total. The molecule has 1 aliphatic heterocycles. The minimum Gasteiger partial charge on any atom is -0.387 e. The van der Waals surface area contributed by atoms with E-state index in [4.69, 9.17) is 20.3 Å². The first-order chi connectivity index (χ1) is 11.7. The fourth-order valence-corrected chi connectivity index (χ4v) is 3.17. The van der Waals surface area contributed by atoms with Crippen LogP contribution in [0.3, 0.4) is 0 Å². The molecule has 0 spiro atoms. The quantitative estimate of drug-likeness (QED) is 0.234. The third-order valence-corrected chi connectivity index (χ3v) is 4.66. The molecule has 2 aromatic rings. The monoisotopic (exact) mass is 393 g/mol. The SMILES string of the molecule is CSc1nc(N)c2ncn(C3OC(COP(=O)(O)O)C(O)C3O)c2n1. The lowest BCUT2D eigenvalue weighted by Crippen LogP contribution is -2.33. The van der Waals surface area contributed by atoms with Gasteiger partial charge in [0.2, 0.25) is 0 Å². The molecule has 1 aliphatic rings. The highest BCUT2D eigenvalue weighted by Crippen LogP contribution is 2.39. The Balaban J connectivity index is 1.90. The van der Waals surface area contributed by atoms with Crippen molar-refractivity contribution < 1.29 is 33.8 Å². The maximum atomic E-state index is 10.8. The maximum absolute atomic E-state index is 10.8. The van der Waals surface area contributed by atoms with Crippen molar-refractivity contribution in [1.29, 1.82) is 0 Å². The molecule has 138 valence electrons. The van der Waals surface area contributed by atoms with Gasteiger partial charge in [-0.25, -0.2) is 19.5 Å². The number of imidazole rings is 1. The standard InChI is InChI=1S/C11H16N5O7PS/c1-25-11-14-8(12)5-9(15-11)16(3-13-5)10-7(18)6(17)4(23-10)2-22-24(19,20)21/h3-4,6-7,10,17-18H,2H2,1H3,(H2,12,14,15)(H2,19,20,21). The molecule has 1 fully saturated rings. The van der Waals surface area contributed by atoms with Gasteiger partial charge in [-0.1, -0.05) is 11.8 Å². The van der Waals surface area contributed by atoms with Crippen molar-refractivity contribution in [2.45, 2.75) is 29.7 Å². The van der Waals surface area contributed by atoms with Crippen LogP contribution < -0.4 is 5.73 Å². The Morgan fingerprint density at radius 1 is 1.40 bits per heavy atom. The molecule has 3 rings (SSSR count). The molecule has 4 atom stereocenters. The molecule has 3 heterocycles. The molecule has 0 radical (unpaired) electrons. The molecule has 14 heteroatoms. The van der Waals surface area contributed by atoms with Crippen LogP contribution in [0.25, 0.3) is 11.2 Å². The first-order valence-corrected chi connectivity index (χ1v) is 9.72. The molecule has 0 saturated carbocycles. The second-order valence-electron chi connectivity index (χ2n) is 5.25. The smallest absolute Gasteiger partial charge is 0.387 e. The lowest BCUT2D eigenvalue weighted by atomic mass is 10.1. The van der Waals surface area contributed by atoms with Crippen LogP contribution >= 0.6 is 19.6 Å². The predicted octanol–water partition coefficient (Wildman–Crippen LogP) is -1.14. The van der Waals surface area contributed by atoms with Crippen LogP contribution in [0, 0.1) is 0 Å². The average Bonchev–Trinajstić information content (AvgIpc) is 3.08. The third-order valence-electron chi connectivity index (χ3n) is 3.63. The number of fused-ring (bicyclic) bond motifs is 1. The van der Waals surface area contributed by atoms with Crippen molar-refractivity contribution in [3.05, 3.63) is 6.33 Å². The second-order valence-corrected chi connectivity index (χ2v) is 7.26. The molecule has 0 aromatic carbocycles. The molecule has 1 saturated heterocycles. The van der Waals surface area contributed by atoms with E-state index in [9.17, 15) is 14.8 Å².